The molecule has 0 spiro atoms. The number of carbonyl (C=O) groups is 2. The highest BCUT2D eigenvalue weighted by Gasteiger charge is 2.47. The SMILES string of the molecule is Cc1cc(CN2CC(=O)N(c3ccc(S(=O)(=O)C(F)(F)F)cc3)C2=O)ccn1. The minimum Gasteiger partial charge on any atom is -0.310 e. The van der Waals surface area contributed by atoms with Crippen LogP contribution in [-0.4, -0.2) is 42.3 Å². The van der Waals surface area contributed by atoms with Crippen molar-refractivity contribution in [3.05, 3.63) is 53.9 Å². The van der Waals surface area contributed by atoms with E-state index in [1.807, 2.05) is 0 Å². The molecule has 0 saturated carbocycles. The number of alkyl halides is 3. The summed E-state index contributed by atoms with van der Waals surface area (Å²) in [5, 5.41) is 0. The van der Waals surface area contributed by atoms with Crippen LogP contribution in [0.5, 0.6) is 0 Å². The molecule has 1 aromatic carbocycles. The predicted molar refractivity (Wildman–Crippen MR) is 91.9 cm³/mol. The van der Waals surface area contributed by atoms with Crippen molar-refractivity contribution in [2.75, 3.05) is 11.4 Å². The van der Waals surface area contributed by atoms with Gasteiger partial charge in [-0.15, -0.1) is 0 Å². The van der Waals surface area contributed by atoms with Crippen LogP contribution in [-0.2, 0) is 21.2 Å². The Balaban J connectivity index is 1.82. The first-order valence-electron chi connectivity index (χ1n) is 7.95. The second kappa shape index (κ2) is 6.89. The Morgan fingerprint density at radius 2 is 1.75 bits per heavy atom. The summed E-state index contributed by atoms with van der Waals surface area (Å²) in [6.07, 6.45) is 1.57. The summed E-state index contributed by atoms with van der Waals surface area (Å²) >= 11 is 0. The summed E-state index contributed by atoms with van der Waals surface area (Å²) in [7, 11) is -5.50. The summed E-state index contributed by atoms with van der Waals surface area (Å²) in [4.78, 5) is 30.0. The van der Waals surface area contributed by atoms with Crippen LogP contribution in [0, 0.1) is 6.92 Å². The molecule has 0 aliphatic carbocycles. The maximum atomic E-state index is 12.6. The van der Waals surface area contributed by atoms with Crippen molar-refractivity contribution in [1.82, 2.24) is 9.88 Å². The number of imide groups is 1. The van der Waals surface area contributed by atoms with Gasteiger partial charge >= 0.3 is 11.5 Å². The number of rotatable bonds is 4. The van der Waals surface area contributed by atoms with Crippen molar-refractivity contribution in [2.24, 2.45) is 0 Å². The van der Waals surface area contributed by atoms with Crippen LogP contribution < -0.4 is 4.90 Å². The van der Waals surface area contributed by atoms with Gasteiger partial charge in [0.15, 0.2) is 0 Å². The summed E-state index contributed by atoms with van der Waals surface area (Å²) in [5.74, 6) is -0.567. The van der Waals surface area contributed by atoms with E-state index < -0.39 is 32.2 Å². The smallest absolute Gasteiger partial charge is 0.310 e. The number of halogens is 3. The Morgan fingerprint density at radius 1 is 1.11 bits per heavy atom. The highest BCUT2D eigenvalue weighted by atomic mass is 32.2. The molecule has 0 radical (unpaired) electrons. The standard InChI is InChI=1S/C17H14F3N3O4S/c1-11-8-12(6-7-21-11)9-22-10-15(24)23(16(22)25)13-2-4-14(5-3-13)28(26,27)17(18,19)20/h2-8H,9-10H2,1H3. The zero-order valence-electron chi connectivity index (χ0n) is 14.5. The molecule has 3 rings (SSSR count). The number of nitrogens with zero attached hydrogens (tertiary/aromatic N) is 3. The topological polar surface area (TPSA) is 87.7 Å². The normalized spacial score (nSPS) is 15.4. The second-order valence-corrected chi connectivity index (χ2v) is 8.06. The number of amides is 3. The zero-order valence-corrected chi connectivity index (χ0v) is 15.3. The summed E-state index contributed by atoms with van der Waals surface area (Å²) < 4.78 is 60.7. The summed E-state index contributed by atoms with van der Waals surface area (Å²) in [5.41, 5.74) is -3.94. The average Bonchev–Trinajstić information content (AvgIpc) is 2.87. The first-order valence-corrected chi connectivity index (χ1v) is 9.44. The van der Waals surface area contributed by atoms with E-state index in [1.54, 1.807) is 25.3 Å². The van der Waals surface area contributed by atoms with Crippen LogP contribution >= 0.6 is 0 Å². The number of hydrogen-bond acceptors (Lipinski definition) is 5. The Morgan fingerprint density at radius 3 is 2.32 bits per heavy atom. The molecule has 2 heterocycles. The van der Waals surface area contributed by atoms with Gasteiger partial charge in [-0.2, -0.15) is 13.2 Å². The summed E-state index contributed by atoms with van der Waals surface area (Å²) in [6.45, 7) is 1.73. The molecule has 0 atom stereocenters. The minimum absolute atomic E-state index is 0.00969. The fourth-order valence-electron chi connectivity index (χ4n) is 2.76. The highest BCUT2D eigenvalue weighted by Crippen LogP contribution is 2.32. The van der Waals surface area contributed by atoms with E-state index in [2.05, 4.69) is 4.98 Å². The number of sulfone groups is 1. The van der Waals surface area contributed by atoms with Crippen molar-refractivity contribution in [3.63, 3.8) is 0 Å². The Kier molecular flexibility index (Phi) is 4.88. The highest BCUT2D eigenvalue weighted by molar-refractivity contribution is 7.92. The zero-order chi connectivity index (χ0) is 20.7. The minimum atomic E-state index is -5.50. The molecule has 0 bridgehead atoms. The van der Waals surface area contributed by atoms with Crippen LogP contribution in [0.3, 0.4) is 0 Å². The molecule has 1 saturated heterocycles. The van der Waals surface area contributed by atoms with E-state index >= 15 is 0 Å². The molecule has 11 heteroatoms. The predicted octanol–water partition coefficient (Wildman–Crippen LogP) is 2.65. The molecule has 2 aromatic rings. The number of aromatic nitrogens is 1. The van der Waals surface area contributed by atoms with Gasteiger partial charge in [-0.1, -0.05) is 0 Å². The second-order valence-electron chi connectivity index (χ2n) is 6.12. The fourth-order valence-corrected chi connectivity index (χ4v) is 3.52. The van der Waals surface area contributed by atoms with Gasteiger partial charge in [-0.25, -0.2) is 18.1 Å². The number of hydrogen-bond donors (Lipinski definition) is 0. The number of carbonyl (C=O) groups excluding carboxylic acids is 2. The quantitative estimate of drug-likeness (QED) is 0.720. The molecule has 148 valence electrons. The number of anilines is 1. The van der Waals surface area contributed by atoms with E-state index in [0.717, 1.165) is 28.3 Å². The van der Waals surface area contributed by atoms with Crippen molar-refractivity contribution < 1.29 is 31.2 Å². The van der Waals surface area contributed by atoms with Gasteiger partial charge in [0.05, 0.1) is 10.6 Å². The van der Waals surface area contributed by atoms with Crippen molar-refractivity contribution >= 4 is 27.5 Å². The number of benzene rings is 1. The van der Waals surface area contributed by atoms with Gasteiger partial charge in [0.25, 0.3) is 15.7 Å². The molecule has 28 heavy (non-hydrogen) atoms. The number of aryl methyl sites for hydroxylation is 1. The van der Waals surface area contributed by atoms with Gasteiger partial charge in [-0.3, -0.25) is 9.78 Å². The number of urea groups is 1. The average molecular weight is 413 g/mol. The maximum absolute atomic E-state index is 12.6. The first-order chi connectivity index (χ1) is 13.0. The molecule has 1 aromatic heterocycles. The lowest BCUT2D eigenvalue weighted by molar-refractivity contribution is -0.116. The molecule has 3 amide bonds. The van der Waals surface area contributed by atoms with E-state index in [4.69, 9.17) is 0 Å². The Hall–Kier alpha value is -2.95. The lowest BCUT2D eigenvalue weighted by Crippen LogP contribution is -2.32. The van der Waals surface area contributed by atoms with Crippen molar-refractivity contribution in [3.8, 4) is 0 Å². The molecule has 1 fully saturated rings. The van der Waals surface area contributed by atoms with Gasteiger partial charge in [0, 0.05) is 18.4 Å². The van der Waals surface area contributed by atoms with Crippen LogP contribution in [0.2, 0.25) is 0 Å². The van der Waals surface area contributed by atoms with Crippen LogP contribution in [0.25, 0.3) is 0 Å². The van der Waals surface area contributed by atoms with Gasteiger partial charge in [-0.05, 0) is 48.9 Å². The molecule has 1 aliphatic heterocycles. The molecule has 1 aliphatic rings. The first kappa shape index (κ1) is 19.8. The van der Waals surface area contributed by atoms with Crippen molar-refractivity contribution in [2.45, 2.75) is 23.9 Å². The van der Waals surface area contributed by atoms with Crippen LogP contribution in [0.1, 0.15) is 11.3 Å². The third kappa shape index (κ3) is 3.57. The maximum Gasteiger partial charge on any atom is 0.501 e. The molecular formula is C17H14F3N3O4S. The Labute approximate surface area is 158 Å². The Bertz CT molecular complexity index is 1040. The van der Waals surface area contributed by atoms with Crippen molar-refractivity contribution in [1.29, 1.82) is 0 Å². The monoisotopic (exact) mass is 413 g/mol. The lowest BCUT2D eigenvalue weighted by atomic mass is 10.2. The molecule has 0 unspecified atom stereocenters. The molecular weight excluding hydrogens is 399 g/mol. The molecule has 7 nitrogen and oxygen atoms in total. The van der Waals surface area contributed by atoms with Gasteiger partial charge in [0.1, 0.15) is 6.54 Å². The number of pyridine rings is 1. The van der Waals surface area contributed by atoms with Gasteiger partial charge < -0.3 is 4.90 Å². The van der Waals surface area contributed by atoms with Gasteiger partial charge in [0.2, 0.25) is 0 Å². The lowest BCUT2D eigenvalue weighted by Gasteiger charge is -2.17. The largest absolute Gasteiger partial charge is 0.501 e. The molecule has 0 N–H and O–H groups in total. The van der Waals surface area contributed by atoms with Crippen LogP contribution in [0.4, 0.5) is 23.7 Å². The van der Waals surface area contributed by atoms with E-state index in [0.29, 0.717) is 12.1 Å². The summed E-state index contributed by atoms with van der Waals surface area (Å²) in [6, 6.07) is 6.23. The van der Waals surface area contributed by atoms with E-state index in [-0.39, 0.29) is 18.8 Å². The van der Waals surface area contributed by atoms with Crippen LogP contribution in [0.15, 0.2) is 47.5 Å². The third-order valence-electron chi connectivity index (χ3n) is 4.08. The third-order valence-corrected chi connectivity index (χ3v) is 5.58. The van der Waals surface area contributed by atoms with E-state index in [9.17, 15) is 31.2 Å². The fraction of sp³-hybridized carbons (Fsp3) is 0.235. The van der Waals surface area contributed by atoms with E-state index in [1.165, 1.54) is 4.90 Å².